The van der Waals surface area contributed by atoms with Gasteiger partial charge in [-0.2, -0.15) is 16.4 Å². The number of nitrogens with zero attached hydrogens (tertiary/aromatic N) is 2. The smallest absolute Gasteiger partial charge is 0.252 e. The molecule has 0 radical (unpaired) electrons. The quantitative estimate of drug-likeness (QED) is 0.880. The third-order valence-electron chi connectivity index (χ3n) is 4.91. The molecule has 7 heteroatoms. The Kier molecular flexibility index (Phi) is 5.22. The van der Waals surface area contributed by atoms with Crippen molar-refractivity contribution in [2.75, 3.05) is 13.1 Å². The van der Waals surface area contributed by atoms with E-state index in [4.69, 9.17) is 0 Å². The van der Waals surface area contributed by atoms with E-state index in [0.29, 0.717) is 18.7 Å². The van der Waals surface area contributed by atoms with Gasteiger partial charge in [-0.05, 0) is 45.1 Å². The monoisotopic (exact) mass is 360 g/mol. The van der Waals surface area contributed by atoms with Gasteiger partial charge in [0.1, 0.15) is 0 Å². The molecule has 1 fully saturated rings. The number of hydrogen-bond donors (Lipinski definition) is 2. The minimum atomic E-state index is -0.198. The highest BCUT2D eigenvalue weighted by Gasteiger charge is 2.29. The van der Waals surface area contributed by atoms with Crippen LogP contribution >= 0.6 is 11.3 Å². The summed E-state index contributed by atoms with van der Waals surface area (Å²) in [4.78, 5) is 26.9. The second-order valence-electron chi connectivity index (χ2n) is 6.65. The number of thiophene rings is 1. The molecule has 3 rings (SSSR count). The zero-order chi connectivity index (χ0) is 18.0. The lowest BCUT2D eigenvalue weighted by Crippen LogP contribution is -2.47. The Morgan fingerprint density at radius 1 is 1.36 bits per heavy atom. The van der Waals surface area contributed by atoms with E-state index in [1.54, 1.807) is 0 Å². The van der Waals surface area contributed by atoms with Crippen molar-refractivity contribution in [3.63, 3.8) is 0 Å². The molecule has 0 aromatic carbocycles. The highest BCUT2D eigenvalue weighted by molar-refractivity contribution is 7.08. The number of rotatable bonds is 4. The molecule has 6 nitrogen and oxygen atoms in total. The van der Waals surface area contributed by atoms with Gasteiger partial charge in [0.25, 0.3) is 5.91 Å². The lowest BCUT2D eigenvalue weighted by Gasteiger charge is -2.34. The van der Waals surface area contributed by atoms with Crippen molar-refractivity contribution in [2.45, 2.75) is 45.6 Å². The first-order valence-electron chi connectivity index (χ1n) is 8.60. The van der Waals surface area contributed by atoms with Gasteiger partial charge < -0.3 is 10.2 Å². The molecule has 2 N–H and O–H groups in total. The van der Waals surface area contributed by atoms with E-state index >= 15 is 0 Å². The SMILES string of the molecule is Cc1n[nH]c(C)c1C(C)C(=O)N1CCC(NC(=O)c2ccsc2)CC1. The van der Waals surface area contributed by atoms with Crippen LogP contribution in [-0.2, 0) is 4.79 Å². The summed E-state index contributed by atoms with van der Waals surface area (Å²) >= 11 is 1.52. The van der Waals surface area contributed by atoms with Crippen molar-refractivity contribution in [3.8, 4) is 0 Å². The van der Waals surface area contributed by atoms with Gasteiger partial charge >= 0.3 is 0 Å². The second kappa shape index (κ2) is 7.39. The molecule has 1 aliphatic rings. The van der Waals surface area contributed by atoms with E-state index in [0.717, 1.165) is 29.8 Å². The minimum Gasteiger partial charge on any atom is -0.349 e. The van der Waals surface area contributed by atoms with Gasteiger partial charge in [-0.1, -0.05) is 0 Å². The molecule has 1 atom stereocenters. The number of piperidine rings is 1. The van der Waals surface area contributed by atoms with Crippen LogP contribution in [0.2, 0.25) is 0 Å². The molecule has 0 spiro atoms. The van der Waals surface area contributed by atoms with Crippen LogP contribution in [0.3, 0.4) is 0 Å². The fourth-order valence-corrected chi connectivity index (χ4v) is 4.14. The normalized spacial score (nSPS) is 16.7. The van der Waals surface area contributed by atoms with Crippen molar-refractivity contribution in [1.29, 1.82) is 0 Å². The molecule has 25 heavy (non-hydrogen) atoms. The minimum absolute atomic E-state index is 0.0240. The maximum Gasteiger partial charge on any atom is 0.252 e. The van der Waals surface area contributed by atoms with Crippen LogP contribution in [0, 0.1) is 13.8 Å². The predicted octanol–water partition coefficient (Wildman–Crippen LogP) is 2.61. The molecular weight excluding hydrogens is 336 g/mol. The largest absolute Gasteiger partial charge is 0.349 e. The van der Waals surface area contributed by atoms with Gasteiger partial charge in [0.2, 0.25) is 5.91 Å². The topological polar surface area (TPSA) is 78.1 Å². The average Bonchev–Trinajstić information content (AvgIpc) is 3.25. The fourth-order valence-electron chi connectivity index (χ4n) is 3.50. The van der Waals surface area contributed by atoms with Crippen molar-refractivity contribution in [1.82, 2.24) is 20.4 Å². The van der Waals surface area contributed by atoms with Crippen LogP contribution in [0.1, 0.15) is 53.0 Å². The number of aromatic nitrogens is 2. The maximum absolute atomic E-state index is 12.8. The van der Waals surface area contributed by atoms with Gasteiger partial charge in [-0.3, -0.25) is 14.7 Å². The zero-order valence-corrected chi connectivity index (χ0v) is 15.7. The molecule has 0 aliphatic carbocycles. The molecule has 3 heterocycles. The van der Waals surface area contributed by atoms with Crippen molar-refractivity contribution in [2.24, 2.45) is 0 Å². The summed E-state index contributed by atoms with van der Waals surface area (Å²) in [7, 11) is 0. The van der Waals surface area contributed by atoms with Gasteiger partial charge in [0, 0.05) is 41.3 Å². The third-order valence-corrected chi connectivity index (χ3v) is 5.60. The maximum atomic E-state index is 12.8. The number of carbonyl (C=O) groups excluding carboxylic acids is 2. The Balaban J connectivity index is 1.55. The number of aromatic amines is 1. The summed E-state index contributed by atoms with van der Waals surface area (Å²) in [5, 5.41) is 14.0. The molecule has 2 aromatic heterocycles. The lowest BCUT2D eigenvalue weighted by molar-refractivity contribution is -0.133. The van der Waals surface area contributed by atoms with Crippen LogP contribution in [0.15, 0.2) is 16.8 Å². The highest BCUT2D eigenvalue weighted by atomic mass is 32.1. The number of aryl methyl sites for hydroxylation is 2. The molecule has 1 aliphatic heterocycles. The number of nitrogens with one attached hydrogen (secondary N) is 2. The second-order valence-corrected chi connectivity index (χ2v) is 7.43. The van der Waals surface area contributed by atoms with Crippen LogP contribution in [0.5, 0.6) is 0 Å². The van der Waals surface area contributed by atoms with E-state index in [1.165, 1.54) is 11.3 Å². The number of amides is 2. The summed E-state index contributed by atoms with van der Waals surface area (Å²) in [5.41, 5.74) is 3.55. The first kappa shape index (κ1) is 17.7. The Labute approximate surface area is 151 Å². The van der Waals surface area contributed by atoms with Crippen molar-refractivity contribution < 1.29 is 9.59 Å². The number of H-pyrrole nitrogens is 1. The van der Waals surface area contributed by atoms with Gasteiger partial charge in [0.15, 0.2) is 0 Å². The molecule has 2 aromatic rings. The van der Waals surface area contributed by atoms with E-state index in [2.05, 4.69) is 15.5 Å². The van der Waals surface area contributed by atoms with Crippen molar-refractivity contribution >= 4 is 23.2 Å². The zero-order valence-electron chi connectivity index (χ0n) is 14.8. The number of carbonyl (C=O) groups is 2. The summed E-state index contributed by atoms with van der Waals surface area (Å²) < 4.78 is 0. The van der Waals surface area contributed by atoms with E-state index in [9.17, 15) is 9.59 Å². The van der Waals surface area contributed by atoms with E-state index < -0.39 is 0 Å². The molecule has 1 unspecified atom stereocenters. The molecular formula is C18H24N4O2S. The summed E-state index contributed by atoms with van der Waals surface area (Å²) in [5.74, 6) is -0.0880. The van der Waals surface area contributed by atoms with Gasteiger partial charge in [-0.15, -0.1) is 0 Å². The Morgan fingerprint density at radius 3 is 2.64 bits per heavy atom. The molecule has 2 amide bonds. The Bertz CT molecular complexity index is 726. The van der Waals surface area contributed by atoms with Crippen LogP contribution in [0.25, 0.3) is 0 Å². The average molecular weight is 360 g/mol. The summed E-state index contributed by atoms with van der Waals surface area (Å²) in [6, 6.07) is 1.96. The summed E-state index contributed by atoms with van der Waals surface area (Å²) in [6.45, 7) is 7.17. The van der Waals surface area contributed by atoms with Crippen LogP contribution < -0.4 is 5.32 Å². The fraction of sp³-hybridized carbons (Fsp3) is 0.500. The highest BCUT2D eigenvalue weighted by Crippen LogP contribution is 2.25. The summed E-state index contributed by atoms with van der Waals surface area (Å²) in [6.07, 6.45) is 1.58. The lowest BCUT2D eigenvalue weighted by atomic mass is 9.96. The first-order chi connectivity index (χ1) is 12.0. The Hall–Kier alpha value is -2.15. The predicted molar refractivity (Wildman–Crippen MR) is 97.9 cm³/mol. The van der Waals surface area contributed by atoms with E-state index in [-0.39, 0.29) is 23.8 Å². The van der Waals surface area contributed by atoms with Gasteiger partial charge in [-0.25, -0.2) is 0 Å². The van der Waals surface area contributed by atoms with Crippen LogP contribution in [-0.4, -0.2) is 46.0 Å². The van der Waals surface area contributed by atoms with E-state index in [1.807, 2.05) is 42.5 Å². The van der Waals surface area contributed by atoms with Crippen molar-refractivity contribution in [3.05, 3.63) is 39.3 Å². The molecule has 134 valence electrons. The number of hydrogen-bond acceptors (Lipinski definition) is 4. The first-order valence-corrected chi connectivity index (χ1v) is 9.55. The van der Waals surface area contributed by atoms with Crippen LogP contribution in [0.4, 0.5) is 0 Å². The van der Waals surface area contributed by atoms with Gasteiger partial charge in [0.05, 0.1) is 11.6 Å². The molecule has 0 saturated carbocycles. The molecule has 1 saturated heterocycles. The number of likely N-dealkylation sites (tertiary alicyclic amines) is 1. The Morgan fingerprint density at radius 2 is 2.08 bits per heavy atom. The molecule has 0 bridgehead atoms. The standard InChI is InChI=1S/C18H24N4O2S/c1-11(16-12(2)20-21-13(16)3)18(24)22-7-4-15(5-8-22)19-17(23)14-6-9-25-10-14/h6,9-11,15H,4-5,7-8H2,1-3H3,(H,19,23)(H,20,21). The third kappa shape index (κ3) is 3.76.